The van der Waals surface area contributed by atoms with Crippen LogP contribution in [-0.4, -0.2) is 11.7 Å². The molecule has 0 bridgehead atoms. The lowest BCUT2D eigenvalue weighted by Crippen LogP contribution is -2.20. The van der Waals surface area contributed by atoms with Crippen LogP contribution < -0.4 is 4.74 Å². The molecule has 2 nitrogen and oxygen atoms in total. The second-order valence-corrected chi connectivity index (χ2v) is 5.59. The van der Waals surface area contributed by atoms with Crippen molar-refractivity contribution >= 4 is 0 Å². The van der Waals surface area contributed by atoms with Crippen molar-refractivity contribution in [2.45, 2.75) is 32.3 Å². The van der Waals surface area contributed by atoms with E-state index in [2.05, 4.69) is 32.0 Å². The van der Waals surface area contributed by atoms with E-state index in [-0.39, 0.29) is 5.92 Å². The first-order chi connectivity index (χ1) is 9.66. The molecule has 0 spiro atoms. The van der Waals surface area contributed by atoms with E-state index in [1.54, 1.807) is 0 Å². The van der Waals surface area contributed by atoms with Gasteiger partial charge in [-0.3, -0.25) is 0 Å². The number of para-hydroxylation sites is 1. The average Bonchev–Trinajstić information content (AvgIpc) is 2.46. The van der Waals surface area contributed by atoms with Gasteiger partial charge in [-0.1, -0.05) is 42.0 Å². The van der Waals surface area contributed by atoms with Gasteiger partial charge in [-0.25, -0.2) is 0 Å². The van der Waals surface area contributed by atoms with Gasteiger partial charge < -0.3 is 9.84 Å². The van der Waals surface area contributed by atoms with Gasteiger partial charge in [0.1, 0.15) is 5.75 Å². The van der Waals surface area contributed by atoms with E-state index in [4.69, 9.17) is 4.74 Å². The molecule has 3 rings (SSSR count). The fourth-order valence-electron chi connectivity index (χ4n) is 3.07. The van der Waals surface area contributed by atoms with Crippen molar-refractivity contribution < 1.29 is 9.84 Å². The standard InChI is InChI=1S/C18H20O2/c1-12-7-8-14(13(2)11-12)18(19)16-9-10-20-17-6-4-3-5-15(16)17/h3-8,11,16,18-19H,9-10H2,1-2H3. The first kappa shape index (κ1) is 13.2. The highest BCUT2D eigenvalue weighted by molar-refractivity contribution is 5.41. The summed E-state index contributed by atoms with van der Waals surface area (Å²) in [5, 5.41) is 10.8. The fourth-order valence-corrected chi connectivity index (χ4v) is 3.07. The minimum absolute atomic E-state index is 0.112. The van der Waals surface area contributed by atoms with E-state index in [1.807, 2.05) is 24.3 Å². The summed E-state index contributed by atoms with van der Waals surface area (Å²) in [5.41, 5.74) is 4.52. The van der Waals surface area contributed by atoms with Crippen molar-refractivity contribution in [3.05, 3.63) is 64.7 Å². The zero-order valence-electron chi connectivity index (χ0n) is 12.0. The van der Waals surface area contributed by atoms with Crippen LogP contribution in [0.4, 0.5) is 0 Å². The van der Waals surface area contributed by atoms with Crippen LogP contribution in [0, 0.1) is 13.8 Å². The smallest absolute Gasteiger partial charge is 0.122 e. The lowest BCUT2D eigenvalue weighted by atomic mass is 9.83. The van der Waals surface area contributed by atoms with Crippen molar-refractivity contribution in [2.24, 2.45) is 0 Å². The highest BCUT2D eigenvalue weighted by Gasteiger charge is 2.29. The Morgan fingerprint density at radius 1 is 1.15 bits per heavy atom. The van der Waals surface area contributed by atoms with Crippen LogP contribution in [0.3, 0.4) is 0 Å². The molecule has 2 aromatic rings. The molecule has 0 radical (unpaired) electrons. The van der Waals surface area contributed by atoms with Crippen LogP contribution in [0.25, 0.3) is 0 Å². The highest BCUT2D eigenvalue weighted by Crippen LogP contribution is 2.41. The lowest BCUT2D eigenvalue weighted by molar-refractivity contribution is 0.117. The van der Waals surface area contributed by atoms with E-state index in [9.17, 15) is 5.11 Å². The molecule has 104 valence electrons. The number of aryl methyl sites for hydroxylation is 2. The number of ether oxygens (including phenoxy) is 1. The second kappa shape index (κ2) is 5.29. The van der Waals surface area contributed by atoms with Crippen LogP contribution in [0.1, 0.15) is 40.7 Å². The molecule has 0 fully saturated rings. The van der Waals surface area contributed by atoms with Gasteiger partial charge in [0.2, 0.25) is 0 Å². The van der Waals surface area contributed by atoms with E-state index in [0.29, 0.717) is 6.61 Å². The van der Waals surface area contributed by atoms with Crippen LogP contribution in [0.15, 0.2) is 42.5 Å². The van der Waals surface area contributed by atoms with Gasteiger partial charge in [-0.2, -0.15) is 0 Å². The van der Waals surface area contributed by atoms with Crippen LogP contribution in [0.2, 0.25) is 0 Å². The SMILES string of the molecule is Cc1ccc(C(O)C2CCOc3ccccc32)c(C)c1. The molecular formula is C18H20O2. The van der Waals surface area contributed by atoms with Gasteiger partial charge in [-0.05, 0) is 37.5 Å². The maximum atomic E-state index is 10.8. The molecule has 2 unspecified atom stereocenters. The third-order valence-electron chi connectivity index (χ3n) is 4.13. The summed E-state index contributed by atoms with van der Waals surface area (Å²) >= 11 is 0. The first-order valence-corrected chi connectivity index (χ1v) is 7.14. The maximum absolute atomic E-state index is 10.8. The Morgan fingerprint density at radius 2 is 1.95 bits per heavy atom. The Bertz CT molecular complexity index is 619. The Labute approximate surface area is 120 Å². The van der Waals surface area contributed by atoms with Crippen molar-refractivity contribution in [3.8, 4) is 5.75 Å². The quantitative estimate of drug-likeness (QED) is 0.895. The van der Waals surface area contributed by atoms with E-state index in [1.165, 1.54) is 5.56 Å². The number of benzene rings is 2. The summed E-state index contributed by atoms with van der Waals surface area (Å²) in [5.74, 6) is 1.02. The van der Waals surface area contributed by atoms with E-state index in [0.717, 1.165) is 28.9 Å². The van der Waals surface area contributed by atoms with E-state index >= 15 is 0 Å². The average molecular weight is 268 g/mol. The summed E-state index contributed by atoms with van der Waals surface area (Å²) in [6, 6.07) is 14.3. The van der Waals surface area contributed by atoms with Crippen LogP contribution in [-0.2, 0) is 0 Å². The highest BCUT2D eigenvalue weighted by atomic mass is 16.5. The van der Waals surface area contributed by atoms with Gasteiger partial charge in [0.15, 0.2) is 0 Å². The molecule has 1 aliphatic heterocycles. The normalized spacial score (nSPS) is 19.1. The van der Waals surface area contributed by atoms with Gasteiger partial charge >= 0.3 is 0 Å². The summed E-state index contributed by atoms with van der Waals surface area (Å²) in [7, 11) is 0. The van der Waals surface area contributed by atoms with Crippen LogP contribution in [0.5, 0.6) is 5.75 Å². The Hall–Kier alpha value is -1.80. The number of aliphatic hydroxyl groups is 1. The lowest BCUT2D eigenvalue weighted by Gasteiger charge is -2.30. The monoisotopic (exact) mass is 268 g/mol. The predicted molar refractivity (Wildman–Crippen MR) is 80.2 cm³/mol. The molecule has 2 atom stereocenters. The zero-order chi connectivity index (χ0) is 14.1. The third kappa shape index (κ3) is 2.32. The van der Waals surface area contributed by atoms with E-state index < -0.39 is 6.10 Å². The minimum atomic E-state index is -0.472. The fraction of sp³-hybridized carbons (Fsp3) is 0.333. The summed E-state index contributed by atoms with van der Waals surface area (Å²) < 4.78 is 5.68. The summed E-state index contributed by atoms with van der Waals surface area (Å²) in [6.07, 6.45) is 0.381. The molecule has 1 heterocycles. The van der Waals surface area contributed by atoms with Crippen molar-refractivity contribution in [2.75, 3.05) is 6.61 Å². The third-order valence-corrected chi connectivity index (χ3v) is 4.13. The van der Waals surface area contributed by atoms with Gasteiger partial charge in [0.05, 0.1) is 12.7 Å². The van der Waals surface area contributed by atoms with Crippen molar-refractivity contribution in [1.29, 1.82) is 0 Å². The number of rotatable bonds is 2. The van der Waals surface area contributed by atoms with Gasteiger partial charge in [0.25, 0.3) is 0 Å². The second-order valence-electron chi connectivity index (χ2n) is 5.59. The largest absolute Gasteiger partial charge is 0.493 e. The molecule has 1 N–H and O–H groups in total. The van der Waals surface area contributed by atoms with Gasteiger partial charge in [-0.15, -0.1) is 0 Å². The maximum Gasteiger partial charge on any atom is 0.122 e. The molecule has 20 heavy (non-hydrogen) atoms. The molecule has 0 amide bonds. The molecule has 2 heteroatoms. The zero-order valence-corrected chi connectivity index (χ0v) is 12.0. The Morgan fingerprint density at radius 3 is 2.75 bits per heavy atom. The predicted octanol–water partition coefficient (Wildman–Crippen LogP) is 3.90. The number of fused-ring (bicyclic) bond motifs is 1. The molecule has 2 aromatic carbocycles. The Kier molecular flexibility index (Phi) is 3.49. The number of hydrogen-bond acceptors (Lipinski definition) is 2. The Balaban J connectivity index is 1.97. The number of aliphatic hydroxyl groups excluding tert-OH is 1. The molecule has 0 aromatic heterocycles. The summed E-state index contributed by atoms with van der Waals surface area (Å²) in [6.45, 7) is 4.81. The first-order valence-electron chi connectivity index (χ1n) is 7.14. The number of hydrogen-bond donors (Lipinski definition) is 1. The van der Waals surface area contributed by atoms with Gasteiger partial charge in [0, 0.05) is 11.5 Å². The van der Waals surface area contributed by atoms with Crippen molar-refractivity contribution in [3.63, 3.8) is 0 Å². The molecule has 1 aliphatic rings. The molecule has 0 aliphatic carbocycles. The molecular weight excluding hydrogens is 248 g/mol. The summed E-state index contributed by atoms with van der Waals surface area (Å²) in [4.78, 5) is 0. The van der Waals surface area contributed by atoms with Crippen LogP contribution >= 0.6 is 0 Å². The van der Waals surface area contributed by atoms with Crippen molar-refractivity contribution in [1.82, 2.24) is 0 Å². The topological polar surface area (TPSA) is 29.5 Å². The molecule has 0 saturated carbocycles. The minimum Gasteiger partial charge on any atom is -0.493 e. The molecule has 0 saturated heterocycles.